The van der Waals surface area contributed by atoms with Crippen molar-refractivity contribution in [1.82, 2.24) is 10.6 Å². The van der Waals surface area contributed by atoms with Crippen molar-refractivity contribution in [3.05, 3.63) is 0 Å². The summed E-state index contributed by atoms with van der Waals surface area (Å²) in [6, 6.07) is -0.285. The number of urea groups is 1. The van der Waals surface area contributed by atoms with Crippen LogP contribution in [0.15, 0.2) is 0 Å². The Bertz CT molecular complexity index is 231. The summed E-state index contributed by atoms with van der Waals surface area (Å²) >= 11 is 0. The number of nitrogens with one attached hydrogen (secondary N) is 2. The monoisotopic (exact) mass is 202 g/mol. The Kier molecular flexibility index (Phi) is 3.70. The van der Waals surface area contributed by atoms with Gasteiger partial charge in [-0.25, -0.2) is 9.59 Å². The molecule has 1 fully saturated rings. The van der Waals surface area contributed by atoms with Crippen molar-refractivity contribution >= 4 is 12.0 Å². The Labute approximate surface area is 81.6 Å². The molecule has 14 heavy (non-hydrogen) atoms. The summed E-state index contributed by atoms with van der Waals surface area (Å²) in [4.78, 5) is 21.3. The molecule has 2 atom stereocenters. The highest BCUT2D eigenvalue weighted by atomic mass is 16.5. The van der Waals surface area contributed by atoms with E-state index in [1.165, 1.54) is 7.05 Å². The van der Waals surface area contributed by atoms with Crippen LogP contribution in [0.5, 0.6) is 0 Å². The van der Waals surface area contributed by atoms with Gasteiger partial charge in [0.15, 0.2) is 6.10 Å². The summed E-state index contributed by atoms with van der Waals surface area (Å²) in [6.07, 6.45) is 0.274. The first-order valence-corrected chi connectivity index (χ1v) is 4.47. The molecule has 0 aliphatic carbocycles. The molecule has 80 valence electrons. The molecule has 0 radical (unpaired) electrons. The van der Waals surface area contributed by atoms with Gasteiger partial charge in [0.25, 0.3) is 0 Å². The van der Waals surface area contributed by atoms with Gasteiger partial charge in [-0.15, -0.1) is 0 Å². The number of amides is 2. The third-order valence-electron chi connectivity index (χ3n) is 2.10. The van der Waals surface area contributed by atoms with E-state index in [0.717, 1.165) is 0 Å². The first-order valence-electron chi connectivity index (χ1n) is 4.47. The van der Waals surface area contributed by atoms with Crippen LogP contribution in [-0.2, 0) is 9.53 Å². The molecular weight excluding hydrogens is 188 g/mol. The minimum Gasteiger partial charge on any atom is -0.479 e. The van der Waals surface area contributed by atoms with Crippen molar-refractivity contribution in [3.8, 4) is 0 Å². The Morgan fingerprint density at radius 2 is 2.21 bits per heavy atom. The van der Waals surface area contributed by atoms with Gasteiger partial charge in [-0.2, -0.15) is 0 Å². The Morgan fingerprint density at radius 3 is 2.71 bits per heavy atom. The molecule has 0 spiro atoms. The van der Waals surface area contributed by atoms with Gasteiger partial charge in [0.05, 0.1) is 6.10 Å². The number of carboxylic acids is 1. The third-order valence-corrected chi connectivity index (χ3v) is 2.10. The molecule has 1 rings (SSSR count). The van der Waals surface area contributed by atoms with Crippen molar-refractivity contribution in [3.63, 3.8) is 0 Å². The molecule has 0 bridgehead atoms. The number of rotatable bonds is 3. The first-order chi connectivity index (χ1) is 6.63. The van der Waals surface area contributed by atoms with E-state index in [2.05, 4.69) is 10.6 Å². The Morgan fingerprint density at radius 1 is 1.50 bits per heavy atom. The van der Waals surface area contributed by atoms with Crippen molar-refractivity contribution in [2.75, 3.05) is 13.6 Å². The predicted octanol–water partition coefficient (Wildman–Crippen LogP) is -0.452. The van der Waals surface area contributed by atoms with Crippen molar-refractivity contribution < 1.29 is 19.4 Å². The molecule has 2 amide bonds. The van der Waals surface area contributed by atoms with Crippen LogP contribution in [0.3, 0.4) is 0 Å². The number of ether oxygens (including phenoxy) is 1. The maximum absolute atomic E-state index is 10.8. The van der Waals surface area contributed by atoms with Crippen LogP contribution in [0.4, 0.5) is 4.79 Å². The first kappa shape index (κ1) is 10.8. The van der Waals surface area contributed by atoms with E-state index in [0.29, 0.717) is 19.4 Å². The molecule has 0 saturated carbocycles. The van der Waals surface area contributed by atoms with Crippen LogP contribution in [0.1, 0.15) is 12.8 Å². The normalized spacial score (nSPS) is 25.8. The van der Waals surface area contributed by atoms with E-state index in [4.69, 9.17) is 9.84 Å². The summed E-state index contributed by atoms with van der Waals surface area (Å²) in [5.74, 6) is -0.938. The van der Waals surface area contributed by atoms with Crippen LogP contribution in [0, 0.1) is 0 Å². The zero-order valence-electron chi connectivity index (χ0n) is 7.95. The average Bonchev–Trinajstić information content (AvgIpc) is 2.62. The number of hydrogen-bond donors (Lipinski definition) is 3. The van der Waals surface area contributed by atoms with Crippen LogP contribution in [0.25, 0.3) is 0 Å². The quantitative estimate of drug-likeness (QED) is 0.578. The lowest BCUT2D eigenvalue weighted by Gasteiger charge is -2.11. The fourth-order valence-electron chi connectivity index (χ4n) is 1.33. The van der Waals surface area contributed by atoms with E-state index in [9.17, 15) is 9.59 Å². The molecule has 6 nitrogen and oxygen atoms in total. The highest BCUT2D eigenvalue weighted by molar-refractivity contribution is 5.73. The minimum absolute atomic E-state index is 0.187. The third kappa shape index (κ3) is 2.88. The summed E-state index contributed by atoms with van der Waals surface area (Å²) in [5.41, 5.74) is 0. The maximum atomic E-state index is 10.8. The molecule has 3 N–H and O–H groups in total. The van der Waals surface area contributed by atoms with Gasteiger partial charge in [0, 0.05) is 13.6 Å². The van der Waals surface area contributed by atoms with Crippen LogP contribution >= 0.6 is 0 Å². The minimum atomic E-state index is -0.938. The molecule has 0 aromatic rings. The molecular formula is C8H14N2O4. The SMILES string of the molecule is CNC(=O)NCC1CCC(C(=O)O)O1. The summed E-state index contributed by atoms with van der Waals surface area (Å²) in [5, 5.41) is 13.6. The second-order valence-corrected chi connectivity index (χ2v) is 3.12. The van der Waals surface area contributed by atoms with Gasteiger partial charge < -0.3 is 20.5 Å². The molecule has 1 saturated heterocycles. The smallest absolute Gasteiger partial charge is 0.332 e. The molecule has 0 aromatic carbocycles. The molecule has 2 unspecified atom stereocenters. The number of carboxylic acid groups (broad SMARTS) is 1. The highest BCUT2D eigenvalue weighted by Gasteiger charge is 2.30. The van der Waals surface area contributed by atoms with E-state index < -0.39 is 12.1 Å². The fraction of sp³-hybridized carbons (Fsp3) is 0.750. The lowest BCUT2D eigenvalue weighted by molar-refractivity contribution is -0.149. The van der Waals surface area contributed by atoms with Gasteiger partial charge in [-0.3, -0.25) is 0 Å². The summed E-state index contributed by atoms with van der Waals surface area (Å²) in [7, 11) is 1.52. The van der Waals surface area contributed by atoms with Gasteiger partial charge in [-0.1, -0.05) is 0 Å². The zero-order valence-corrected chi connectivity index (χ0v) is 7.95. The van der Waals surface area contributed by atoms with Gasteiger partial charge >= 0.3 is 12.0 Å². The fourth-order valence-corrected chi connectivity index (χ4v) is 1.33. The molecule has 0 aromatic heterocycles. The van der Waals surface area contributed by atoms with E-state index in [1.807, 2.05) is 0 Å². The van der Waals surface area contributed by atoms with Crippen molar-refractivity contribution in [2.45, 2.75) is 25.0 Å². The standard InChI is InChI=1S/C8H14N2O4/c1-9-8(13)10-4-5-2-3-6(14-5)7(11)12/h5-6H,2-4H2,1H3,(H,11,12)(H2,9,10,13). The van der Waals surface area contributed by atoms with Gasteiger partial charge in [0.1, 0.15) is 0 Å². The van der Waals surface area contributed by atoms with Crippen molar-refractivity contribution in [2.24, 2.45) is 0 Å². The number of carbonyl (C=O) groups excluding carboxylic acids is 1. The number of carbonyl (C=O) groups is 2. The molecule has 1 aliphatic rings. The number of aliphatic carboxylic acids is 1. The number of hydrogen-bond acceptors (Lipinski definition) is 3. The lowest BCUT2D eigenvalue weighted by atomic mass is 10.2. The molecule has 1 aliphatic heterocycles. The predicted molar refractivity (Wildman–Crippen MR) is 48.0 cm³/mol. The Hall–Kier alpha value is -1.30. The topological polar surface area (TPSA) is 87.7 Å². The van der Waals surface area contributed by atoms with Gasteiger partial charge in [-0.05, 0) is 12.8 Å². The zero-order chi connectivity index (χ0) is 10.6. The second-order valence-electron chi connectivity index (χ2n) is 3.12. The van der Waals surface area contributed by atoms with E-state index in [-0.39, 0.29) is 12.1 Å². The second kappa shape index (κ2) is 4.80. The average molecular weight is 202 g/mol. The lowest BCUT2D eigenvalue weighted by Crippen LogP contribution is -2.38. The maximum Gasteiger partial charge on any atom is 0.332 e. The van der Waals surface area contributed by atoms with Crippen LogP contribution in [0.2, 0.25) is 0 Å². The highest BCUT2D eigenvalue weighted by Crippen LogP contribution is 2.18. The van der Waals surface area contributed by atoms with Gasteiger partial charge in [0.2, 0.25) is 0 Å². The largest absolute Gasteiger partial charge is 0.479 e. The van der Waals surface area contributed by atoms with Crippen molar-refractivity contribution in [1.29, 1.82) is 0 Å². The van der Waals surface area contributed by atoms with E-state index in [1.54, 1.807) is 0 Å². The van der Waals surface area contributed by atoms with Crippen LogP contribution < -0.4 is 10.6 Å². The Balaban J connectivity index is 2.22. The molecule has 1 heterocycles. The van der Waals surface area contributed by atoms with Crippen LogP contribution in [-0.4, -0.2) is 42.9 Å². The summed E-state index contributed by atoms with van der Waals surface area (Å²) in [6.45, 7) is 0.351. The van der Waals surface area contributed by atoms with E-state index >= 15 is 0 Å². The molecule has 6 heteroatoms. The summed E-state index contributed by atoms with van der Waals surface area (Å²) < 4.78 is 5.18.